The molecule has 2 aliphatic rings. The van der Waals surface area contributed by atoms with Crippen LogP contribution in [-0.2, 0) is 16.0 Å². The van der Waals surface area contributed by atoms with E-state index < -0.39 is 0 Å². The zero-order chi connectivity index (χ0) is 28.4. The summed E-state index contributed by atoms with van der Waals surface area (Å²) in [6, 6.07) is 17.3. The predicted molar refractivity (Wildman–Crippen MR) is 169 cm³/mol. The molecule has 5 rings (SSSR count). The van der Waals surface area contributed by atoms with Crippen LogP contribution in [0.5, 0.6) is 0 Å². The van der Waals surface area contributed by atoms with Crippen molar-refractivity contribution >= 4 is 28.2 Å². The van der Waals surface area contributed by atoms with Gasteiger partial charge in [0, 0.05) is 87.9 Å². The fourth-order valence-electron chi connectivity index (χ4n) is 5.99. The third-order valence-electron chi connectivity index (χ3n) is 8.67. The normalized spacial score (nSPS) is 16.3. The van der Waals surface area contributed by atoms with Crippen molar-refractivity contribution in [1.82, 2.24) is 19.7 Å². The summed E-state index contributed by atoms with van der Waals surface area (Å²) < 4.78 is 6.00. The topological polar surface area (TPSA) is 58.3 Å². The Morgan fingerprint density at radius 2 is 1.68 bits per heavy atom. The van der Waals surface area contributed by atoms with E-state index in [1.54, 1.807) is 0 Å². The molecule has 8 heteroatoms. The van der Waals surface area contributed by atoms with Crippen LogP contribution in [0.2, 0.25) is 0 Å². The van der Waals surface area contributed by atoms with E-state index in [4.69, 9.17) is 4.74 Å². The predicted octanol–water partition coefficient (Wildman–Crippen LogP) is 3.93. The fraction of sp³-hybridized carbons (Fsp3) is 0.545. The van der Waals surface area contributed by atoms with E-state index in [1.165, 1.54) is 27.8 Å². The van der Waals surface area contributed by atoms with E-state index in [2.05, 4.69) is 93.4 Å². The summed E-state index contributed by atoms with van der Waals surface area (Å²) in [4.78, 5) is 27.3. The van der Waals surface area contributed by atoms with Gasteiger partial charge in [-0.3, -0.25) is 9.69 Å². The Hall–Kier alpha value is -3.07. The van der Waals surface area contributed by atoms with E-state index in [1.807, 2.05) is 4.90 Å². The molecule has 0 spiro atoms. The van der Waals surface area contributed by atoms with Gasteiger partial charge in [0.2, 0.25) is 5.91 Å². The second-order valence-corrected chi connectivity index (χ2v) is 11.7. The van der Waals surface area contributed by atoms with Gasteiger partial charge >= 0.3 is 0 Å². The summed E-state index contributed by atoms with van der Waals surface area (Å²) in [7, 11) is 4.32. The number of H-pyrrole nitrogens is 1. The number of aromatic amines is 1. The summed E-state index contributed by atoms with van der Waals surface area (Å²) in [5.41, 5.74) is 5.10. The number of anilines is 2. The van der Waals surface area contributed by atoms with Gasteiger partial charge in [-0.05, 0) is 69.1 Å². The molecule has 3 aromatic rings. The molecular weight excluding hydrogens is 512 g/mol. The number of benzene rings is 2. The Labute approximate surface area is 245 Å². The Kier molecular flexibility index (Phi) is 10.6. The number of aromatic nitrogens is 1. The highest BCUT2D eigenvalue weighted by atomic mass is 16.5. The number of likely N-dealkylation sites (tertiary alicyclic amines) is 1. The number of nitrogens with one attached hydrogen (secondary N) is 1. The van der Waals surface area contributed by atoms with Gasteiger partial charge in [0.25, 0.3) is 0 Å². The molecular formula is C33H48N6O2. The van der Waals surface area contributed by atoms with Crippen molar-refractivity contribution in [2.45, 2.75) is 25.7 Å². The zero-order valence-electron chi connectivity index (χ0n) is 25.1. The van der Waals surface area contributed by atoms with Crippen molar-refractivity contribution in [3.8, 4) is 0 Å². The highest BCUT2D eigenvalue weighted by Gasteiger charge is 2.23. The van der Waals surface area contributed by atoms with E-state index in [-0.39, 0.29) is 0 Å². The molecule has 2 saturated heterocycles. The lowest BCUT2D eigenvalue weighted by Gasteiger charge is -2.36. The van der Waals surface area contributed by atoms with Gasteiger partial charge in [-0.15, -0.1) is 0 Å². The van der Waals surface area contributed by atoms with Gasteiger partial charge in [-0.1, -0.05) is 24.3 Å². The summed E-state index contributed by atoms with van der Waals surface area (Å²) >= 11 is 0. The largest absolute Gasteiger partial charge is 0.378 e. The number of rotatable bonds is 14. The highest BCUT2D eigenvalue weighted by molar-refractivity contribution is 5.83. The molecule has 8 nitrogen and oxygen atoms in total. The Morgan fingerprint density at radius 3 is 2.51 bits per heavy atom. The van der Waals surface area contributed by atoms with Crippen LogP contribution in [0.15, 0.2) is 54.7 Å². The maximum atomic E-state index is 12.5. The molecule has 0 radical (unpaired) electrons. The number of nitrogens with zero attached hydrogens (tertiary/aromatic N) is 5. The van der Waals surface area contributed by atoms with Crippen molar-refractivity contribution in [2.24, 2.45) is 0 Å². The Morgan fingerprint density at radius 1 is 0.902 bits per heavy atom. The van der Waals surface area contributed by atoms with Gasteiger partial charge in [-0.25, -0.2) is 0 Å². The first-order valence-corrected chi connectivity index (χ1v) is 15.4. The van der Waals surface area contributed by atoms with Gasteiger partial charge in [-0.2, -0.15) is 0 Å². The number of likely N-dealkylation sites (N-methyl/N-ethyl adjacent to an activating group) is 2. The van der Waals surface area contributed by atoms with Gasteiger partial charge in [0.15, 0.2) is 0 Å². The average molecular weight is 561 g/mol. The molecule has 2 aliphatic heterocycles. The first-order valence-electron chi connectivity index (χ1n) is 15.4. The third kappa shape index (κ3) is 8.24. The van der Waals surface area contributed by atoms with Crippen molar-refractivity contribution in [3.63, 3.8) is 0 Å². The van der Waals surface area contributed by atoms with Crippen molar-refractivity contribution in [1.29, 1.82) is 0 Å². The second-order valence-electron chi connectivity index (χ2n) is 11.7. The first-order chi connectivity index (χ1) is 20.1. The van der Waals surface area contributed by atoms with Crippen LogP contribution in [0.25, 0.3) is 10.9 Å². The number of para-hydroxylation sites is 1. The second kappa shape index (κ2) is 14.7. The molecule has 41 heavy (non-hydrogen) atoms. The number of fused-ring (bicyclic) bond motifs is 1. The summed E-state index contributed by atoms with van der Waals surface area (Å²) in [5, 5.41) is 1.34. The lowest BCUT2D eigenvalue weighted by atomic mass is 10.1. The number of amides is 1. The number of ether oxygens (including phenoxy) is 1. The van der Waals surface area contributed by atoms with Gasteiger partial charge in [0.05, 0.1) is 19.8 Å². The summed E-state index contributed by atoms with van der Waals surface area (Å²) in [6.07, 6.45) is 6.69. The van der Waals surface area contributed by atoms with Crippen LogP contribution >= 0.6 is 0 Å². The minimum absolute atomic E-state index is 0.301. The number of carbonyl (C=O) groups is 1. The average Bonchev–Trinajstić information content (AvgIpc) is 3.69. The smallest absolute Gasteiger partial charge is 0.236 e. The van der Waals surface area contributed by atoms with Gasteiger partial charge < -0.3 is 29.3 Å². The maximum Gasteiger partial charge on any atom is 0.236 e. The standard InChI is InChI=1S/C33H48N6O2/c1-35(14-8-9-28-26-34-32-13-4-3-12-31(28)32)21-23-41-24-22-36(2)29-10-7-11-30(25-29)38-19-17-37(18-20-38)27-33(40)39-15-5-6-16-39/h3-4,7,10-13,25-26,34H,5-6,8-9,14-24,27H2,1-2H3. The van der Waals surface area contributed by atoms with Gasteiger partial charge in [0.1, 0.15) is 0 Å². The molecule has 0 unspecified atom stereocenters. The highest BCUT2D eigenvalue weighted by Crippen LogP contribution is 2.23. The van der Waals surface area contributed by atoms with Crippen LogP contribution in [0.1, 0.15) is 24.8 Å². The molecule has 0 bridgehead atoms. The monoisotopic (exact) mass is 560 g/mol. The SMILES string of the molecule is CN(CCCc1c[nH]c2ccccc12)CCOCCN(C)c1cccc(N2CCN(CC(=O)N3CCCC3)CC2)c1. The van der Waals surface area contributed by atoms with Crippen LogP contribution in [0.3, 0.4) is 0 Å². The molecule has 2 fully saturated rings. The minimum atomic E-state index is 0.301. The minimum Gasteiger partial charge on any atom is -0.378 e. The molecule has 1 N–H and O–H groups in total. The van der Waals surface area contributed by atoms with Crippen LogP contribution in [0, 0.1) is 0 Å². The van der Waals surface area contributed by atoms with Crippen LogP contribution in [-0.4, -0.2) is 118 Å². The molecule has 2 aromatic carbocycles. The molecule has 0 aliphatic carbocycles. The fourth-order valence-corrected chi connectivity index (χ4v) is 5.99. The van der Waals surface area contributed by atoms with E-state index >= 15 is 0 Å². The summed E-state index contributed by atoms with van der Waals surface area (Å²) in [6.45, 7) is 10.6. The zero-order valence-corrected chi connectivity index (χ0v) is 25.1. The molecule has 0 saturated carbocycles. The van der Waals surface area contributed by atoms with Crippen molar-refractivity contribution in [2.75, 3.05) is 103 Å². The van der Waals surface area contributed by atoms with Crippen molar-refractivity contribution in [3.05, 3.63) is 60.3 Å². The lowest BCUT2D eigenvalue weighted by molar-refractivity contribution is -0.131. The van der Waals surface area contributed by atoms with E-state index in [0.717, 1.165) is 91.2 Å². The van der Waals surface area contributed by atoms with Crippen molar-refractivity contribution < 1.29 is 9.53 Å². The Balaban J connectivity index is 0.958. The number of piperazine rings is 1. The first kappa shape index (κ1) is 29.4. The van der Waals surface area contributed by atoms with Crippen LogP contribution in [0.4, 0.5) is 11.4 Å². The maximum absolute atomic E-state index is 12.5. The Bertz CT molecular complexity index is 1230. The molecule has 222 valence electrons. The molecule has 0 atom stereocenters. The number of hydrogen-bond donors (Lipinski definition) is 1. The molecule has 3 heterocycles. The van der Waals surface area contributed by atoms with E-state index in [0.29, 0.717) is 19.1 Å². The third-order valence-corrected chi connectivity index (χ3v) is 8.67. The molecule has 1 amide bonds. The van der Waals surface area contributed by atoms with E-state index in [9.17, 15) is 4.79 Å². The molecule has 1 aromatic heterocycles. The number of carbonyl (C=O) groups excluding carboxylic acids is 1. The number of hydrogen-bond acceptors (Lipinski definition) is 6. The summed E-state index contributed by atoms with van der Waals surface area (Å²) in [5.74, 6) is 0.301. The van der Waals surface area contributed by atoms with Crippen LogP contribution < -0.4 is 9.80 Å². The quantitative estimate of drug-likeness (QED) is 0.302. The lowest BCUT2D eigenvalue weighted by Crippen LogP contribution is -2.49. The number of aryl methyl sites for hydroxylation is 1.